The first-order valence-corrected chi connectivity index (χ1v) is 11.9. The molecule has 1 saturated heterocycles. The summed E-state index contributed by atoms with van der Waals surface area (Å²) < 4.78 is 20.7. The van der Waals surface area contributed by atoms with Gasteiger partial charge < -0.3 is 9.64 Å². The first-order chi connectivity index (χ1) is 15.9. The van der Waals surface area contributed by atoms with Crippen LogP contribution in [0.25, 0.3) is 5.69 Å². The van der Waals surface area contributed by atoms with Gasteiger partial charge in [0.2, 0.25) is 5.91 Å². The van der Waals surface area contributed by atoms with Crippen molar-refractivity contribution in [1.82, 2.24) is 24.6 Å². The summed E-state index contributed by atoms with van der Waals surface area (Å²) in [5.74, 6) is 0.225. The highest BCUT2D eigenvalue weighted by Gasteiger charge is 2.22. The molecular weight excluding hydrogens is 465 g/mol. The number of aromatic nitrogens is 3. The number of halogens is 2. The number of piperazine rings is 1. The summed E-state index contributed by atoms with van der Waals surface area (Å²) in [7, 11) is 1.45. The molecule has 0 saturated carbocycles. The van der Waals surface area contributed by atoms with E-state index in [1.54, 1.807) is 12.4 Å². The van der Waals surface area contributed by atoms with Crippen LogP contribution in [0.2, 0.25) is 5.02 Å². The second-order valence-corrected chi connectivity index (χ2v) is 9.18. The molecule has 0 spiro atoms. The van der Waals surface area contributed by atoms with Gasteiger partial charge in [0, 0.05) is 37.7 Å². The van der Waals surface area contributed by atoms with Gasteiger partial charge in [0.15, 0.2) is 16.7 Å². The van der Waals surface area contributed by atoms with Gasteiger partial charge >= 0.3 is 0 Å². The minimum Gasteiger partial charge on any atom is -0.494 e. The van der Waals surface area contributed by atoms with Crippen molar-refractivity contribution >= 4 is 29.3 Å². The normalized spacial score (nSPS) is 14.5. The van der Waals surface area contributed by atoms with Crippen LogP contribution in [0.3, 0.4) is 0 Å². The Morgan fingerprint density at radius 3 is 2.67 bits per heavy atom. The number of rotatable bonds is 7. The molecule has 1 fully saturated rings. The van der Waals surface area contributed by atoms with Gasteiger partial charge in [-0.3, -0.25) is 14.3 Å². The fourth-order valence-electron chi connectivity index (χ4n) is 3.67. The van der Waals surface area contributed by atoms with Crippen molar-refractivity contribution in [1.29, 1.82) is 0 Å². The number of hydrogen-bond donors (Lipinski definition) is 0. The molecule has 0 atom stereocenters. The zero-order chi connectivity index (χ0) is 23.4. The third kappa shape index (κ3) is 5.66. The molecule has 0 unspecified atom stereocenters. The summed E-state index contributed by atoms with van der Waals surface area (Å²) in [5.41, 5.74) is 2.74. The second-order valence-electron chi connectivity index (χ2n) is 7.83. The summed E-state index contributed by atoms with van der Waals surface area (Å²) in [6.07, 6.45) is 1.62. The maximum absolute atomic E-state index is 13.9. The van der Waals surface area contributed by atoms with E-state index >= 15 is 0 Å². The van der Waals surface area contributed by atoms with E-state index in [4.69, 9.17) is 16.3 Å². The molecular formula is C23H25ClFN5O2S. The van der Waals surface area contributed by atoms with Gasteiger partial charge in [-0.05, 0) is 42.3 Å². The number of thioether (sulfide) groups is 1. The van der Waals surface area contributed by atoms with Crippen LogP contribution in [0.15, 0.2) is 47.9 Å². The second kappa shape index (κ2) is 10.5. The number of aryl methyl sites for hydroxylation is 1. The van der Waals surface area contributed by atoms with Crippen molar-refractivity contribution in [3.63, 3.8) is 0 Å². The molecule has 174 valence electrons. The van der Waals surface area contributed by atoms with E-state index in [1.165, 1.54) is 24.9 Å². The number of carbonyl (C=O) groups excluding carboxylic acids is 1. The van der Waals surface area contributed by atoms with E-state index in [-0.39, 0.29) is 23.2 Å². The lowest BCUT2D eigenvalue weighted by molar-refractivity contribution is -0.130. The first-order valence-electron chi connectivity index (χ1n) is 10.6. The molecule has 1 aromatic heterocycles. The molecule has 4 rings (SSSR count). The number of nitrogens with zero attached hydrogens (tertiary/aromatic N) is 5. The van der Waals surface area contributed by atoms with Crippen LogP contribution >= 0.6 is 23.4 Å². The lowest BCUT2D eigenvalue weighted by Crippen LogP contribution is -2.48. The Kier molecular flexibility index (Phi) is 7.52. The zero-order valence-electron chi connectivity index (χ0n) is 18.5. The molecule has 1 aliphatic rings. The Morgan fingerprint density at radius 2 is 1.97 bits per heavy atom. The summed E-state index contributed by atoms with van der Waals surface area (Å²) in [6, 6.07) is 10.8. The third-order valence-electron chi connectivity index (χ3n) is 5.62. The Bertz CT molecular complexity index is 1130. The summed E-state index contributed by atoms with van der Waals surface area (Å²) in [6.45, 7) is 5.34. The van der Waals surface area contributed by atoms with E-state index in [9.17, 15) is 9.18 Å². The number of amides is 1. The highest BCUT2D eigenvalue weighted by molar-refractivity contribution is 7.99. The topological polar surface area (TPSA) is 63.5 Å². The van der Waals surface area contributed by atoms with Gasteiger partial charge in [-0.25, -0.2) is 4.39 Å². The Balaban J connectivity index is 1.28. The van der Waals surface area contributed by atoms with Crippen molar-refractivity contribution in [3.05, 3.63) is 64.7 Å². The molecule has 2 heterocycles. The van der Waals surface area contributed by atoms with Gasteiger partial charge in [-0.15, -0.1) is 10.2 Å². The number of hydrogen-bond acceptors (Lipinski definition) is 6. The third-order valence-corrected chi connectivity index (χ3v) is 6.96. The smallest absolute Gasteiger partial charge is 0.233 e. The lowest BCUT2D eigenvalue weighted by atomic mass is 10.2. The van der Waals surface area contributed by atoms with Crippen molar-refractivity contribution in [3.8, 4) is 11.4 Å². The van der Waals surface area contributed by atoms with Gasteiger partial charge in [0.25, 0.3) is 0 Å². The lowest BCUT2D eigenvalue weighted by Gasteiger charge is -2.34. The average molecular weight is 490 g/mol. The number of ether oxygens (including phenoxy) is 1. The molecule has 0 N–H and O–H groups in total. The minimum absolute atomic E-state index is 0.0617. The van der Waals surface area contributed by atoms with Crippen molar-refractivity contribution in [2.24, 2.45) is 0 Å². The molecule has 10 heteroatoms. The van der Waals surface area contributed by atoms with E-state index in [0.29, 0.717) is 29.8 Å². The number of benzene rings is 2. The molecule has 1 amide bonds. The quantitative estimate of drug-likeness (QED) is 0.470. The van der Waals surface area contributed by atoms with Crippen LogP contribution in [0, 0.1) is 12.7 Å². The van der Waals surface area contributed by atoms with Gasteiger partial charge in [0.05, 0.1) is 18.6 Å². The average Bonchev–Trinajstić information content (AvgIpc) is 3.28. The standard InChI is InChI=1S/C23H25ClFN5O2S/c1-16-3-5-18(12-19(16)24)30-15-26-27-23(30)33-14-22(31)29-9-7-28(8-10-29)13-17-4-6-21(32-2)20(25)11-17/h3-6,11-12,15H,7-10,13-14H2,1-2H3. The van der Waals surface area contributed by atoms with Crippen molar-refractivity contribution in [2.75, 3.05) is 39.0 Å². The van der Waals surface area contributed by atoms with Crippen molar-refractivity contribution < 1.29 is 13.9 Å². The van der Waals surface area contributed by atoms with Crippen LogP contribution < -0.4 is 4.74 Å². The molecule has 33 heavy (non-hydrogen) atoms. The fraction of sp³-hybridized carbons (Fsp3) is 0.348. The Labute approximate surface area is 201 Å². The number of methoxy groups -OCH3 is 1. The monoisotopic (exact) mass is 489 g/mol. The summed E-state index contributed by atoms with van der Waals surface area (Å²) in [5, 5.41) is 9.46. The highest BCUT2D eigenvalue weighted by Crippen LogP contribution is 2.24. The SMILES string of the molecule is COc1ccc(CN2CCN(C(=O)CSc3nncn3-c3ccc(C)c(Cl)c3)CC2)cc1F. The molecule has 0 bridgehead atoms. The maximum atomic E-state index is 13.9. The molecule has 0 aliphatic carbocycles. The van der Waals surface area contributed by atoms with Gasteiger partial charge in [-0.2, -0.15) is 0 Å². The van der Waals surface area contributed by atoms with Crippen LogP contribution in [0.4, 0.5) is 4.39 Å². The van der Waals surface area contributed by atoms with Gasteiger partial charge in [0.1, 0.15) is 6.33 Å². The first kappa shape index (κ1) is 23.5. The van der Waals surface area contributed by atoms with E-state index in [1.807, 2.05) is 40.7 Å². The van der Waals surface area contributed by atoms with Crippen LogP contribution in [-0.4, -0.2) is 69.5 Å². The highest BCUT2D eigenvalue weighted by atomic mass is 35.5. The maximum Gasteiger partial charge on any atom is 0.233 e. The van der Waals surface area contributed by atoms with E-state index in [0.717, 1.165) is 29.9 Å². The predicted molar refractivity (Wildman–Crippen MR) is 127 cm³/mol. The molecule has 1 aliphatic heterocycles. The van der Waals surface area contributed by atoms with E-state index in [2.05, 4.69) is 15.1 Å². The number of carbonyl (C=O) groups is 1. The molecule has 2 aromatic carbocycles. The van der Waals surface area contributed by atoms with Crippen LogP contribution in [-0.2, 0) is 11.3 Å². The summed E-state index contributed by atoms with van der Waals surface area (Å²) in [4.78, 5) is 16.8. The van der Waals surface area contributed by atoms with Crippen LogP contribution in [0.1, 0.15) is 11.1 Å². The molecule has 7 nitrogen and oxygen atoms in total. The van der Waals surface area contributed by atoms with Gasteiger partial charge in [-0.1, -0.05) is 35.5 Å². The van der Waals surface area contributed by atoms with E-state index < -0.39 is 0 Å². The van der Waals surface area contributed by atoms with Crippen LogP contribution in [0.5, 0.6) is 5.75 Å². The minimum atomic E-state index is -0.360. The Hall–Kier alpha value is -2.62. The van der Waals surface area contributed by atoms with Crippen molar-refractivity contribution in [2.45, 2.75) is 18.6 Å². The molecule has 0 radical (unpaired) electrons. The zero-order valence-corrected chi connectivity index (χ0v) is 20.1. The largest absolute Gasteiger partial charge is 0.494 e. The predicted octanol–water partition coefficient (Wildman–Crippen LogP) is 3.81. The molecule has 3 aromatic rings. The fourth-order valence-corrected chi connectivity index (χ4v) is 4.68. The summed E-state index contributed by atoms with van der Waals surface area (Å²) >= 11 is 7.60. The Morgan fingerprint density at radius 1 is 1.18 bits per heavy atom.